The average Bonchev–Trinajstić information content (AvgIpc) is 3.52. The molecule has 39 heavy (non-hydrogen) atoms. The Morgan fingerprint density at radius 3 is 2.49 bits per heavy atom. The van der Waals surface area contributed by atoms with E-state index >= 15 is 0 Å². The van der Waals surface area contributed by atoms with Gasteiger partial charge in [-0.25, -0.2) is 0 Å². The molecule has 3 rings (SSSR count). The molecule has 0 aromatic carbocycles. The molecular formula is C29H45N3O7. The summed E-state index contributed by atoms with van der Waals surface area (Å²) in [6, 6.07) is -1.74. The van der Waals surface area contributed by atoms with Gasteiger partial charge in [-0.3, -0.25) is 19.2 Å². The zero-order valence-corrected chi connectivity index (χ0v) is 23.9. The lowest BCUT2D eigenvalue weighted by atomic mass is 9.70. The van der Waals surface area contributed by atoms with E-state index in [-0.39, 0.29) is 42.8 Å². The van der Waals surface area contributed by atoms with E-state index in [1.807, 2.05) is 27.7 Å². The predicted molar refractivity (Wildman–Crippen MR) is 145 cm³/mol. The molecule has 0 aromatic heterocycles. The van der Waals surface area contributed by atoms with E-state index in [4.69, 9.17) is 9.47 Å². The van der Waals surface area contributed by atoms with Crippen molar-refractivity contribution in [3.05, 3.63) is 25.3 Å². The molecule has 218 valence electrons. The molecule has 10 nitrogen and oxygen atoms in total. The van der Waals surface area contributed by atoms with E-state index in [0.717, 1.165) is 0 Å². The molecule has 3 heterocycles. The van der Waals surface area contributed by atoms with E-state index in [0.29, 0.717) is 32.2 Å². The molecule has 0 saturated carbocycles. The fraction of sp³-hybridized carbons (Fsp3) is 0.724. The average molecular weight is 548 g/mol. The highest BCUT2D eigenvalue weighted by Crippen LogP contribution is 2.59. The molecule has 3 aliphatic rings. The second-order valence-electron chi connectivity index (χ2n) is 11.5. The molecule has 10 heteroatoms. The van der Waals surface area contributed by atoms with Crippen molar-refractivity contribution in [2.24, 2.45) is 17.8 Å². The summed E-state index contributed by atoms with van der Waals surface area (Å²) < 4.78 is 12.2. The number of amides is 3. The third-order valence-electron chi connectivity index (χ3n) is 8.27. The molecule has 7 atom stereocenters. The molecular weight excluding hydrogens is 502 g/mol. The Hall–Kier alpha value is -2.72. The van der Waals surface area contributed by atoms with Crippen molar-refractivity contribution < 1.29 is 33.8 Å². The molecule has 0 aliphatic carbocycles. The first kappa shape index (κ1) is 30.8. The third kappa shape index (κ3) is 5.77. The van der Waals surface area contributed by atoms with E-state index in [1.165, 1.54) is 4.90 Å². The topological polar surface area (TPSA) is 125 Å². The van der Waals surface area contributed by atoms with E-state index in [1.54, 1.807) is 24.0 Å². The van der Waals surface area contributed by atoms with Crippen LogP contribution in [-0.4, -0.2) is 94.2 Å². The number of esters is 1. The van der Waals surface area contributed by atoms with Crippen LogP contribution in [0.15, 0.2) is 25.3 Å². The molecule has 0 aromatic rings. The van der Waals surface area contributed by atoms with Gasteiger partial charge in [0.2, 0.25) is 17.7 Å². The number of hydrogen-bond donors (Lipinski definition) is 2. The van der Waals surface area contributed by atoms with E-state index < -0.39 is 47.7 Å². The van der Waals surface area contributed by atoms with Gasteiger partial charge in [-0.15, -0.1) is 13.2 Å². The summed E-state index contributed by atoms with van der Waals surface area (Å²) in [5.74, 6) is -3.27. The van der Waals surface area contributed by atoms with Crippen molar-refractivity contribution in [3.8, 4) is 0 Å². The van der Waals surface area contributed by atoms with Gasteiger partial charge in [-0.1, -0.05) is 26.0 Å². The molecule has 0 radical (unpaired) electrons. The SMILES string of the molecule is C=CCCC(=O)NC[C@@H](C)OC(=O)[C@@H]1[C@@H]2CC[C@]3(O2)[C@H](C(=O)N(CC=C)C(C)C)N([C@@H](CO)C(C)C)C(=O)[C@@H]13. The number of carbonyl (C=O) groups excluding carboxylic acids is 4. The molecule has 1 spiro atoms. The van der Waals surface area contributed by atoms with Crippen LogP contribution >= 0.6 is 0 Å². The van der Waals surface area contributed by atoms with Crippen molar-refractivity contribution in [2.45, 2.75) is 96.2 Å². The van der Waals surface area contributed by atoms with E-state index in [9.17, 15) is 24.3 Å². The van der Waals surface area contributed by atoms with Gasteiger partial charge in [-0.05, 0) is 46.0 Å². The van der Waals surface area contributed by atoms with Crippen molar-refractivity contribution >= 4 is 23.7 Å². The van der Waals surface area contributed by atoms with Crippen LogP contribution in [0.4, 0.5) is 0 Å². The Labute approximate surface area is 231 Å². The Kier molecular flexibility index (Phi) is 9.98. The Morgan fingerprint density at radius 1 is 1.23 bits per heavy atom. The number of aliphatic hydroxyl groups is 1. The van der Waals surface area contributed by atoms with Crippen LogP contribution in [0.5, 0.6) is 0 Å². The lowest BCUT2D eigenvalue weighted by molar-refractivity contribution is -0.160. The predicted octanol–water partition coefficient (Wildman–Crippen LogP) is 1.82. The van der Waals surface area contributed by atoms with Crippen molar-refractivity contribution in [3.63, 3.8) is 0 Å². The second-order valence-corrected chi connectivity index (χ2v) is 11.5. The van der Waals surface area contributed by atoms with Crippen molar-refractivity contribution in [2.75, 3.05) is 19.7 Å². The van der Waals surface area contributed by atoms with Crippen LogP contribution in [-0.2, 0) is 28.7 Å². The third-order valence-corrected chi connectivity index (χ3v) is 8.27. The molecule has 0 unspecified atom stereocenters. The van der Waals surface area contributed by atoms with Gasteiger partial charge in [0.15, 0.2) is 0 Å². The molecule has 3 saturated heterocycles. The summed E-state index contributed by atoms with van der Waals surface area (Å²) >= 11 is 0. The summed E-state index contributed by atoms with van der Waals surface area (Å²) in [6.45, 7) is 16.8. The number of nitrogens with one attached hydrogen (secondary N) is 1. The van der Waals surface area contributed by atoms with Gasteiger partial charge < -0.3 is 29.7 Å². The van der Waals surface area contributed by atoms with Crippen LogP contribution in [0.3, 0.4) is 0 Å². The fourth-order valence-electron chi connectivity index (χ4n) is 6.36. The normalized spacial score (nSPS) is 28.8. The van der Waals surface area contributed by atoms with Gasteiger partial charge in [0.1, 0.15) is 17.7 Å². The number of fused-ring (bicyclic) bond motifs is 1. The maximum Gasteiger partial charge on any atom is 0.312 e. The minimum atomic E-state index is -1.18. The second kappa shape index (κ2) is 12.6. The highest BCUT2D eigenvalue weighted by atomic mass is 16.6. The van der Waals surface area contributed by atoms with Crippen LogP contribution in [0, 0.1) is 17.8 Å². The summed E-state index contributed by atoms with van der Waals surface area (Å²) in [5, 5.41) is 13.0. The minimum Gasteiger partial charge on any atom is -0.460 e. The largest absolute Gasteiger partial charge is 0.460 e. The van der Waals surface area contributed by atoms with Crippen LogP contribution in [0.1, 0.15) is 60.3 Å². The highest BCUT2D eigenvalue weighted by molar-refractivity contribution is 5.98. The zero-order chi connectivity index (χ0) is 29.1. The minimum absolute atomic E-state index is 0.135. The van der Waals surface area contributed by atoms with Crippen molar-refractivity contribution in [1.82, 2.24) is 15.1 Å². The first-order valence-corrected chi connectivity index (χ1v) is 14.0. The number of hydrogen-bond acceptors (Lipinski definition) is 7. The number of aliphatic hydroxyl groups excluding tert-OH is 1. The maximum atomic E-state index is 14.1. The quantitative estimate of drug-likeness (QED) is 0.251. The lowest BCUT2D eigenvalue weighted by Gasteiger charge is -2.41. The lowest BCUT2D eigenvalue weighted by Crippen LogP contribution is -2.60. The van der Waals surface area contributed by atoms with Gasteiger partial charge in [0.05, 0.1) is 37.1 Å². The van der Waals surface area contributed by atoms with Gasteiger partial charge >= 0.3 is 5.97 Å². The number of carbonyl (C=O) groups is 4. The molecule has 3 amide bonds. The molecule has 3 aliphatic heterocycles. The Morgan fingerprint density at radius 2 is 1.92 bits per heavy atom. The highest BCUT2D eigenvalue weighted by Gasteiger charge is 2.75. The van der Waals surface area contributed by atoms with Gasteiger partial charge in [0, 0.05) is 19.0 Å². The molecule has 3 fully saturated rings. The number of nitrogens with zero attached hydrogens (tertiary/aromatic N) is 2. The Balaban J connectivity index is 1.90. The Bertz CT molecular complexity index is 967. The number of likely N-dealkylation sites (tertiary alicyclic amines) is 1. The fourth-order valence-corrected chi connectivity index (χ4v) is 6.36. The summed E-state index contributed by atoms with van der Waals surface area (Å²) in [4.78, 5) is 56.8. The van der Waals surface area contributed by atoms with E-state index in [2.05, 4.69) is 18.5 Å². The van der Waals surface area contributed by atoms with Crippen molar-refractivity contribution in [1.29, 1.82) is 0 Å². The van der Waals surface area contributed by atoms with Gasteiger partial charge in [0.25, 0.3) is 0 Å². The summed E-state index contributed by atoms with van der Waals surface area (Å²) in [5.41, 5.74) is -1.18. The summed E-state index contributed by atoms with van der Waals surface area (Å²) in [7, 11) is 0. The standard InChI is InChI=1S/C29H45N3O7/c1-8-10-11-22(34)30-15-19(7)38-28(37)23-21-12-13-29(39-21)24(23)26(35)32(20(16-33)17(3)4)25(29)27(36)31(14-9-2)18(5)6/h8-9,17-21,23-25,33H,1-2,10-16H2,3-7H3,(H,30,34)/t19-,20+,21+,23-,24-,25+,29-/m1/s1. The molecule has 2 N–H and O–H groups in total. The van der Waals surface area contributed by atoms with Crippen LogP contribution in [0.25, 0.3) is 0 Å². The monoisotopic (exact) mass is 547 g/mol. The van der Waals surface area contributed by atoms with Crippen LogP contribution in [0.2, 0.25) is 0 Å². The zero-order valence-electron chi connectivity index (χ0n) is 23.9. The van der Waals surface area contributed by atoms with Crippen LogP contribution < -0.4 is 5.32 Å². The summed E-state index contributed by atoms with van der Waals surface area (Å²) in [6.07, 6.45) is 3.96. The smallest absolute Gasteiger partial charge is 0.312 e. The van der Waals surface area contributed by atoms with Gasteiger partial charge in [-0.2, -0.15) is 0 Å². The number of ether oxygens (including phenoxy) is 2. The number of allylic oxidation sites excluding steroid dienone is 1. The maximum absolute atomic E-state index is 14.1. The first-order chi connectivity index (χ1) is 18.4. The first-order valence-electron chi connectivity index (χ1n) is 14.0. The molecule has 2 bridgehead atoms. The number of rotatable bonds is 14.